The van der Waals surface area contributed by atoms with Crippen LogP contribution in [-0.4, -0.2) is 49.7 Å². The number of hydrogen-bond donors (Lipinski definition) is 1. The Morgan fingerprint density at radius 2 is 1.55 bits per heavy atom. The summed E-state index contributed by atoms with van der Waals surface area (Å²) in [5, 5.41) is 3.61. The number of rotatable bonds is 9. The van der Waals surface area contributed by atoms with Gasteiger partial charge in [0.15, 0.2) is 0 Å². The Morgan fingerprint density at radius 3 is 2.14 bits per heavy atom. The van der Waals surface area contributed by atoms with Crippen LogP contribution in [0, 0.1) is 0 Å². The van der Waals surface area contributed by atoms with Gasteiger partial charge in [-0.05, 0) is 66.2 Å². The topological polar surface area (TPSA) is 39.7 Å². The third-order valence-electron chi connectivity index (χ3n) is 4.56. The average Bonchev–Trinajstić information content (AvgIpc) is 2.42. The van der Waals surface area contributed by atoms with Gasteiger partial charge in [0.1, 0.15) is 0 Å². The second-order valence-electron chi connectivity index (χ2n) is 7.38. The molecule has 0 aliphatic heterocycles. The van der Waals surface area contributed by atoms with E-state index < -0.39 is 0 Å². The van der Waals surface area contributed by atoms with Gasteiger partial charge in [-0.15, -0.1) is 0 Å². The van der Waals surface area contributed by atoms with Crippen LogP contribution < -0.4 is 5.32 Å². The molecule has 0 bridgehead atoms. The first-order valence-electron chi connectivity index (χ1n) is 9.18. The highest BCUT2D eigenvalue weighted by Gasteiger charge is 2.34. The first kappa shape index (κ1) is 18.2. The van der Waals surface area contributed by atoms with E-state index in [2.05, 4.69) is 33.0 Å². The van der Waals surface area contributed by atoms with Crippen molar-refractivity contribution in [1.29, 1.82) is 0 Å². The molecular formula is C18H35NO3. The van der Waals surface area contributed by atoms with Gasteiger partial charge in [-0.2, -0.15) is 0 Å². The maximum absolute atomic E-state index is 6.21. The highest BCUT2D eigenvalue weighted by molar-refractivity contribution is 4.85. The van der Waals surface area contributed by atoms with Crippen molar-refractivity contribution in [2.45, 2.75) is 103 Å². The lowest BCUT2D eigenvalue weighted by atomic mass is 9.89. The minimum atomic E-state index is 0.330. The van der Waals surface area contributed by atoms with Gasteiger partial charge in [-0.1, -0.05) is 0 Å². The highest BCUT2D eigenvalue weighted by Crippen LogP contribution is 2.31. The Labute approximate surface area is 136 Å². The van der Waals surface area contributed by atoms with Crippen LogP contribution in [0.15, 0.2) is 0 Å². The fourth-order valence-electron chi connectivity index (χ4n) is 3.36. The van der Waals surface area contributed by atoms with Gasteiger partial charge in [-0.3, -0.25) is 0 Å². The normalized spacial score (nSPS) is 32.5. The molecule has 1 N–H and O–H groups in total. The average molecular weight is 313 g/mol. The van der Waals surface area contributed by atoms with E-state index >= 15 is 0 Å². The zero-order valence-corrected chi connectivity index (χ0v) is 14.8. The Bertz CT molecular complexity index is 295. The van der Waals surface area contributed by atoms with Crippen molar-refractivity contribution in [2.24, 2.45) is 0 Å². The van der Waals surface area contributed by atoms with E-state index in [-0.39, 0.29) is 0 Å². The number of ether oxygens (including phenoxy) is 3. The third kappa shape index (κ3) is 6.53. The summed E-state index contributed by atoms with van der Waals surface area (Å²) in [6.07, 6.45) is 9.02. The van der Waals surface area contributed by atoms with Crippen molar-refractivity contribution >= 4 is 0 Å². The Morgan fingerprint density at radius 1 is 0.864 bits per heavy atom. The summed E-state index contributed by atoms with van der Waals surface area (Å²) in [4.78, 5) is 0. The molecule has 2 fully saturated rings. The summed E-state index contributed by atoms with van der Waals surface area (Å²) in [6, 6.07) is 0.647. The van der Waals surface area contributed by atoms with E-state index in [0.29, 0.717) is 36.6 Å². The van der Waals surface area contributed by atoms with Gasteiger partial charge in [0.25, 0.3) is 0 Å². The van der Waals surface area contributed by atoms with Gasteiger partial charge in [0, 0.05) is 12.6 Å². The predicted molar refractivity (Wildman–Crippen MR) is 89.3 cm³/mol. The summed E-state index contributed by atoms with van der Waals surface area (Å²) in [7, 11) is 0. The molecule has 0 aromatic heterocycles. The molecule has 0 saturated heterocycles. The molecule has 0 heterocycles. The van der Waals surface area contributed by atoms with Crippen LogP contribution in [-0.2, 0) is 14.2 Å². The molecule has 4 heteroatoms. The smallest absolute Gasteiger partial charge is 0.0628 e. The lowest BCUT2D eigenvalue weighted by Gasteiger charge is -2.40. The predicted octanol–water partition coefficient (Wildman–Crippen LogP) is 3.28. The quantitative estimate of drug-likeness (QED) is 0.663. The number of nitrogens with one attached hydrogen (secondary N) is 1. The first-order valence-corrected chi connectivity index (χ1v) is 9.18. The first-order chi connectivity index (χ1) is 10.5. The molecule has 4 nitrogen and oxygen atoms in total. The van der Waals surface area contributed by atoms with Gasteiger partial charge < -0.3 is 19.5 Å². The molecule has 2 aliphatic rings. The maximum Gasteiger partial charge on any atom is 0.0628 e. The molecule has 0 spiro atoms. The van der Waals surface area contributed by atoms with Gasteiger partial charge in [0.05, 0.1) is 37.1 Å². The van der Waals surface area contributed by atoms with Gasteiger partial charge >= 0.3 is 0 Å². The molecule has 0 atom stereocenters. The minimum Gasteiger partial charge on any atom is -0.377 e. The van der Waals surface area contributed by atoms with Crippen LogP contribution in [0.25, 0.3) is 0 Å². The molecule has 0 aromatic rings. The van der Waals surface area contributed by atoms with Crippen LogP contribution in [0.2, 0.25) is 0 Å². The maximum atomic E-state index is 6.21. The Hall–Kier alpha value is -0.160. The van der Waals surface area contributed by atoms with Crippen LogP contribution in [0.1, 0.15) is 66.2 Å². The molecule has 130 valence electrons. The zero-order valence-electron chi connectivity index (χ0n) is 14.8. The molecule has 0 unspecified atom stereocenters. The van der Waals surface area contributed by atoms with Crippen LogP contribution in [0.3, 0.4) is 0 Å². The lowest BCUT2D eigenvalue weighted by molar-refractivity contribution is -0.144. The third-order valence-corrected chi connectivity index (χ3v) is 4.56. The summed E-state index contributed by atoms with van der Waals surface area (Å²) < 4.78 is 17.6. The van der Waals surface area contributed by atoms with Crippen molar-refractivity contribution in [3.05, 3.63) is 0 Å². The summed E-state index contributed by atoms with van der Waals surface area (Å²) in [6.45, 7) is 10.2. The molecule has 0 aromatic carbocycles. The van der Waals surface area contributed by atoms with Crippen LogP contribution >= 0.6 is 0 Å². The molecule has 22 heavy (non-hydrogen) atoms. The SMILES string of the molecule is CC(C)OCCNC1CCC(OC2CC(OC(C)C)C2)CC1. The minimum absolute atomic E-state index is 0.330. The molecule has 2 saturated carbocycles. The second-order valence-corrected chi connectivity index (χ2v) is 7.38. The summed E-state index contributed by atoms with van der Waals surface area (Å²) in [5.74, 6) is 0. The van der Waals surface area contributed by atoms with E-state index in [1.807, 2.05) is 0 Å². The van der Waals surface area contributed by atoms with E-state index in [9.17, 15) is 0 Å². The van der Waals surface area contributed by atoms with Crippen molar-refractivity contribution < 1.29 is 14.2 Å². The molecular weight excluding hydrogens is 278 g/mol. The van der Waals surface area contributed by atoms with Crippen molar-refractivity contribution in [2.75, 3.05) is 13.2 Å². The fraction of sp³-hybridized carbons (Fsp3) is 1.00. The largest absolute Gasteiger partial charge is 0.377 e. The van der Waals surface area contributed by atoms with E-state index in [1.54, 1.807) is 0 Å². The molecule has 0 radical (unpaired) electrons. The highest BCUT2D eigenvalue weighted by atomic mass is 16.5. The second kappa shape index (κ2) is 9.21. The Balaban J connectivity index is 1.49. The Kier molecular flexibility index (Phi) is 7.61. The van der Waals surface area contributed by atoms with Gasteiger partial charge in [0.2, 0.25) is 0 Å². The lowest BCUT2D eigenvalue weighted by Crippen LogP contribution is -2.43. The molecule has 2 rings (SSSR count). The standard InChI is InChI=1S/C18H35NO3/c1-13(2)20-10-9-19-15-5-7-16(8-6-15)22-18-11-17(12-18)21-14(3)4/h13-19H,5-12H2,1-4H3. The van der Waals surface area contributed by atoms with E-state index in [1.165, 1.54) is 25.7 Å². The molecule has 2 aliphatic carbocycles. The van der Waals surface area contributed by atoms with Crippen molar-refractivity contribution in [3.8, 4) is 0 Å². The van der Waals surface area contributed by atoms with Crippen LogP contribution in [0.4, 0.5) is 0 Å². The van der Waals surface area contributed by atoms with Crippen LogP contribution in [0.5, 0.6) is 0 Å². The summed E-state index contributed by atoms with van der Waals surface area (Å²) in [5.41, 5.74) is 0. The summed E-state index contributed by atoms with van der Waals surface area (Å²) >= 11 is 0. The van der Waals surface area contributed by atoms with Crippen molar-refractivity contribution in [3.63, 3.8) is 0 Å². The van der Waals surface area contributed by atoms with Gasteiger partial charge in [-0.25, -0.2) is 0 Å². The van der Waals surface area contributed by atoms with E-state index in [0.717, 1.165) is 26.0 Å². The fourth-order valence-corrected chi connectivity index (χ4v) is 3.36. The zero-order chi connectivity index (χ0) is 15.9. The van der Waals surface area contributed by atoms with E-state index in [4.69, 9.17) is 14.2 Å². The number of hydrogen-bond acceptors (Lipinski definition) is 4. The monoisotopic (exact) mass is 313 g/mol. The molecule has 0 amide bonds. The van der Waals surface area contributed by atoms with Crippen molar-refractivity contribution in [1.82, 2.24) is 5.32 Å².